The molecule has 0 unspecified atom stereocenters. The summed E-state index contributed by atoms with van der Waals surface area (Å²) in [7, 11) is 0. The summed E-state index contributed by atoms with van der Waals surface area (Å²) < 4.78 is 6.05. The number of carboxylic acids is 1. The molecule has 3 aromatic rings. The van der Waals surface area contributed by atoms with E-state index in [4.69, 9.17) is 32.7 Å². The molecule has 1 heterocycles. The van der Waals surface area contributed by atoms with Gasteiger partial charge in [-0.25, -0.2) is 4.79 Å². The number of anilines is 1. The summed E-state index contributed by atoms with van der Waals surface area (Å²) in [6.45, 7) is 0. The maximum absolute atomic E-state index is 13.0. The van der Waals surface area contributed by atoms with Crippen molar-refractivity contribution in [1.29, 1.82) is 0 Å². The molecule has 0 radical (unpaired) electrons. The lowest BCUT2D eigenvalue weighted by Gasteiger charge is -2.07. The topological polar surface area (TPSA) is 96.6 Å². The minimum atomic E-state index is -1.23. The molecule has 0 spiro atoms. The van der Waals surface area contributed by atoms with Crippen LogP contribution in [0.4, 0.5) is 5.69 Å². The van der Waals surface area contributed by atoms with Gasteiger partial charge in [-0.05, 0) is 48.8 Å². The highest BCUT2D eigenvalue weighted by Gasteiger charge is 2.24. The van der Waals surface area contributed by atoms with Crippen LogP contribution >= 0.6 is 23.2 Å². The number of carboxylic acid groups (broad SMARTS) is 1. The molecule has 6 nitrogen and oxygen atoms in total. The Labute approximate surface area is 186 Å². The van der Waals surface area contributed by atoms with Crippen LogP contribution in [0.1, 0.15) is 23.3 Å². The fourth-order valence-corrected chi connectivity index (χ4v) is 3.97. The minimum absolute atomic E-state index is 0.131. The lowest BCUT2D eigenvalue weighted by atomic mass is 10.1. The summed E-state index contributed by atoms with van der Waals surface area (Å²) in [5.41, 5.74) is 2.59. The molecule has 0 saturated heterocycles. The highest BCUT2D eigenvalue weighted by molar-refractivity contribution is 6.37. The van der Waals surface area contributed by atoms with Crippen LogP contribution in [-0.2, 0) is 16.0 Å². The summed E-state index contributed by atoms with van der Waals surface area (Å²) in [5, 5.41) is 12.5. The molecular weight excluding hydrogens is 441 g/mol. The lowest BCUT2D eigenvalue weighted by molar-refractivity contribution is -0.131. The van der Waals surface area contributed by atoms with Crippen LogP contribution in [0.15, 0.2) is 57.8 Å². The van der Waals surface area contributed by atoms with Gasteiger partial charge in [0.15, 0.2) is 5.43 Å². The normalized spacial score (nSPS) is 14.3. The van der Waals surface area contributed by atoms with Crippen molar-refractivity contribution in [3.8, 4) is 0 Å². The molecule has 1 amide bonds. The van der Waals surface area contributed by atoms with Crippen molar-refractivity contribution in [3.63, 3.8) is 0 Å². The van der Waals surface area contributed by atoms with Crippen molar-refractivity contribution in [1.82, 2.24) is 0 Å². The van der Waals surface area contributed by atoms with Gasteiger partial charge in [-0.2, -0.15) is 0 Å². The summed E-state index contributed by atoms with van der Waals surface area (Å²) in [4.78, 5) is 35.3. The zero-order valence-corrected chi connectivity index (χ0v) is 17.5. The Bertz CT molecular complexity index is 1330. The van der Waals surface area contributed by atoms with Crippen molar-refractivity contribution < 1.29 is 19.1 Å². The molecule has 31 heavy (non-hydrogen) atoms. The maximum atomic E-state index is 13.0. The molecule has 1 aromatic heterocycles. The number of nitrogens with one attached hydrogen (secondary N) is 1. The molecule has 4 rings (SSSR count). The first-order valence-electron chi connectivity index (χ1n) is 9.30. The van der Waals surface area contributed by atoms with Crippen molar-refractivity contribution in [2.75, 3.05) is 5.32 Å². The number of fused-ring (bicyclic) bond motifs is 2. The van der Waals surface area contributed by atoms with Crippen molar-refractivity contribution in [2.45, 2.75) is 12.8 Å². The SMILES string of the molecule is O=C(O)/C=C\C(=O)Nc1ccc2c(=O)c3c(oc2c1)C(=Cc1c(Cl)cccc1Cl)CC3. The highest BCUT2D eigenvalue weighted by atomic mass is 35.5. The minimum Gasteiger partial charge on any atom is -0.478 e. The monoisotopic (exact) mass is 455 g/mol. The molecule has 2 aromatic carbocycles. The number of benzene rings is 2. The quantitative estimate of drug-likeness (QED) is 0.529. The molecular formula is C23H15Cl2NO5. The maximum Gasteiger partial charge on any atom is 0.328 e. The van der Waals surface area contributed by atoms with Crippen LogP contribution in [0.5, 0.6) is 0 Å². The third-order valence-corrected chi connectivity index (χ3v) is 5.54. The van der Waals surface area contributed by atoms with Crippen LogP contribution in [0, 0.1) is 0 Å². The molecule has 8 heteroatoms. The fourth-order valence-electron chi connectivity index (χ4n) is 3.46. The number of carbonyl (C=O) groups excluding carboxylic acids is 1. The van der Waals surface area contributed by atoms with Gasteiger partial charge >= 0.3 is 5.97 Å². The molecule has 0 atom stereocenters. The number of carbonyl (C=O) groups is 2. The van der Waals surface area contributed by atoms with Gasteiger partial charge < -0.3 is 14.8 Å². The van der Waals surface area contributed by atoms with E-state index in [0.717, 1.165) is 17.7 Å². The number of hydrogen-bond acceptors (Lipinski definition) is 4. The Hall–Kier alpha value is -3.35. The molecule has 156 valence electrons. The Morgan fingerprint density at radius 3 is 2.52 bits per heavy atom. The van der Waals surface area contributed by atoms with Crippen LogP contribution in [0.3, 0.4) is 0 Å². The van der Waals surface area contributed by atoms with E-state index in [1.54, 1.807) is 30.3 Å². The molecule has 0 aliphatic heterocycles. The second-order valence-corrected chi connectivity index (χ2v) is 7.73. The van der Waals surface area contributed by atoms with Crippen LogP contribution < -0.4 is 10.7 Å². The first-order chi connectivity index (χ1) is 14.8. The predicted molar refractivity (Wildman–Crippen MR) is 121 cm³/mol. The van der Waals surface area contributed by atoms with E-state index in [9.17, 15) is 14.4 Å². The van der Waals surface area contributed by atoms with Crippen LogP contribution in [0.2, 0.25) is 10.0 Å². The van der Waals surface area contributed by atoms with Gasteiger partial charge in [0.2, 0.25) is 5.91 Å². The molecule has 1 aliphatic rings. The van der Waals surface area contributed by atoms with E-state index in [1.165, 1.54) is 6.07 Å². The summed E-state index contributed by atoms with van der Waals surface area (Å²) >= 11 is 12.5. The average Bonchev–Trinajstić information content (AvgIpc) is 3.12. The number of aliphatic carboxylic acids is 1. The van der Waals surface area contributed by atoms with E-state index in [2.05, 4.69) is 5.32 Å². The molecule has 2 N–H and O–H groups in total. The van der Waals surface area contributed by atoms with Gasteiger partial charge in [0, 0.05) is 45.1 Å². The highest BCUT2D eigenvalue weighted by Crippen LogP contribution is 2.37. The second kappa shape index (κ2) is 8.41. The molecule has 0 bridgehead atoms. The van der Waals surface area contributed by atoms with Crippen molar-refractivity contribution in [3.05, 3.63) is 85.7 Å². The summed E-state index contributed by atoms with van der Waals surface area (Å²) in [6.07, 6.45) is 4.61. The number of hydrogen-bond donors (Lipinski definition) is 2. The predicted octanol–water partition coefficient (Wildman–Crippen LogP) is 5.17. The van der Waals surface area contributed by atoms with Gasteiger partial charge in [-0.1, -0.05) is 29.3 Å². The Balaban J connectivity index is 1.75. The third kappa shape index (κ3) is 4.26. The average molecular weight is 456 g/mol. The van der Waals surface area contributed by atoms with Gasteiger partial charge in [-0.15, -0.1) is 0 Å². The number of halogens is 2. The van der Waals surface area contributed by atoms with E-state index in [1.807, 2.05) is 6.08 Å². The number of rotatable bonds is 4. The Morgan fingerprint density at radius 2 is 1.81 bits per heavy atom. The van der Waals surface area contributed by atoms with E-state index >= 15 is 0 Å². The Morgan fingerprint density at radius 1 is 1.06 bits per heavy atom. The first kappa shape index (κ1) is 20.9. The van der Waals surface area contributed by atoms with E-state index in [-0.39, 0.29) is 5.43 Å². The second-order valence-electron chi connectivity index (χ2n) is 6.92. The first-order valence-corrected chi connectivity index (χ1v) is 10.1. The standard InChI is InChI=1S/C23H15Cl2NO5/c24-17-2-1-3-18(25)16(17)10-12-4-6-15-22(30)14-7-5-13(11-19(14)31-23(12)15)26-20(27)8-9-21(28)29/h1-3,5,7-11H,4,6H2,(H,26,27)(H,28,29)/b9-8-,12-10?. The van der Waals surface area contributed by atoms with Crippen LogP contribution in [0.25, 0.3) is 22.6 Å². The number of amides is 1. The summed E-state index contributed by atoms with van der Waals surface area (Å²) in [5.74, 6) is -1.37. The fraction of sp³-hybridized carbons (Fsp3) is 0.0870. The molecule has 0 saturated carbocycles. The smallest absolute Gasteiger partial charge is 0.328 e. The molecule has 1 aliphatic carbocycles. The number of allylic oxidation sites excluding steroid dienone is 1. The van der Waals surface area contributed by atoms with Crippen molar-refractivity contribution in [2.24, 2.45) is 0 Å². The van der Waals surface area contributed by atoms with Gasteiger partial charge in [-0.3, -0.25) is 9.59 Å². The van der Waals surface area contributed by atoms with Gasteiger partial charge in [0.05, 0.1) is 5.39 Å². The van der Waals surface area contributed by atoms with Crippen LogP contribution in [-0.4, -0.2) is 17.0 Å². The van der Waals surface area contributed by atoms with E-state index in [0.29, 0.717) is 56.4 Å². The van der Waals surface area contributed by atoms with E-state index < -0.39 is 11.9 Å². The third-order valence-electron chi connectivity index (χ3n) is 4.89. The zero-order valence-electron chi connectivity index (χ0n) is 15.9. The lowest BCUT2D eigenvalue weighted by Crippen LogP contribution is -2.11. The summed E-state index contributed by atoms with van der Waals surface area (Å²) in [6, 6.07) is 9.89. The zero-order chi connectivity index (χ0) is 22.1. The Kier molecular flexibility index (Phi) is 5.67. The molecule has 0 fully saturated rings. The largest absolute Gasteiger partial charge is 0.478 e. The van der Waals surface area contributed by atoms with Gasteiger partial charge in [0.25, 0.3) is 0 Å². The van der Waals surface area contributed by atoms with Crippen molar-refractivity contribution >= 4 is 63.4 Å². The van der Waals surface area contributed by atoms with Gasteiger partial charge in [0.1, 0.15) is 11.3 Å².